The van der Waals surface area contributed by atoms with Crippen molar-refractivity contribution < 1.29 is 0 Å². The van der Waals surface area contributed by atoms with E-state index in [1.807, 2.05) is 13.8 Å². The summed E-state index contributed by atoms with van der Waals surface area (Å²) in [6, 6.07) is 0. The van der Waals surface area contributed by atoms with Gasteiger partial charge in [-0.05, 0) is 5.92 Å². The fourth-order valence-electron chi connectivity index (χ4n) is 0. The Morgan fingerprint density at radius 2 is 1.00 bits per heavy atom. The van der Waals surface area contributed by atoms with Gasteiger partial charge in [0.25, 0.3) is 0 Å². The zero-order valence-corrected chi connectivity index (χ0v) is 8.15. The summed E-state index contributed by atoms with van der Waals surface area (Å²) in [5.74, 6) is 0.833. The second-order valence-corrected chi connectivity index (χ2v) is 2.20. The predicted molar refractivity (Wildman–Crippen MR) is 52.3 cm³/mol. The minimum absolute atomic E-state index is 0.833. The van der Waals surface area contributed by atoms with Gasteiger partial charge in [-0.3, -0.25) is 0 Å². The van der Waals surface area contributed by atoms with E-state index in [1.54, 1.807) is 12.2 Å². The summed E-state index contributed by atoms with van der Waals surface area (Å²) in [7, 11) is 0. The topological polar surface area (TPSA) is 0 Å². The third-order valence-electron chi connectivity index (χ3n) is 0.167. The van der Waals surface area contributed by atoms with Crippen molar-refractivity contribution >= 4 is 0 Å². The fourth-order valence-corrected chi connectivity index (χ4v) is 0. The molecule has 0 spiro atoms. The van der Waals surface area contributed by atoms with E-state index in [-0.39, 0.29) is 0 Å². The molecule has 0 atom stereocenters. The van der Waals surface area contributed by atoms with Gasteiger partial charge < -0.3 is 0 Å². The van der Waals surface area contributed by atoms with E-state index < -0.39 is 0 Å². The number of allylic oxidation sites excluding steroid dienone is 2. The molecule has 0 amide bonds. The van der Waals surface area contributed by atoms with E-state index in [4.69, 9.17) is 0 Å². The van der Waals surface area contributed by atoms with E-state index in [2.05, 4.69) is 33.9 Å². The molecule has 0 aromatic carbocycles. The normalized spacial score (nSPS) is 6.20. The van der Waals surface area contributed by atoms with Crippen LogP contribution in [-0.4, -0.2) is 0 Å². The van der Waals surface area contributed by atoms with Crippen molar-refractivity contribution in [3.8, 4) is 0 Å². The van der Waals surface area contributed by atoms with Crippen LogP contribution < -0.4 is 0 Å². The molecule has 62 valence electrons. The fraction of sp³-hybridized carbons (Fsp3) is 0.600. The number of hydrogen-bond acceptors (Lipinski definition) is 0. The van der Waals surface area contributed by atoms with Crippen molar-refractivity contribution in [3.05, 3.63) is 25.3 Å². The van der Waals surface area contributed by atoms with Crippen LogP contribution >= 0.6 is 0 Å². The van der Waals surface area contributed by atoms with Crippen molar-refractivity contribution in [2.75, 3.05) is 0 Å². The first-order valence-corrected chi connectivity index (χ1v) is 3.88. The van der Waals surface area contributed by atoms with Crippen molar-refractivity contribution in [2.45, 2.75) is 34.6 Å². The van der Waals surface area contributed by atoms with Crippen LogP contribution in [0.4, 0.5) is 0 Å². The lowest BCUT2D eigenvalue weighted by atomic mass is 10.3. The summed E-state index contributed by atoms with van der Waals surface area (Å²) >= 11 is 0. The molecule has 0 bridgehead atoms. The Morgan fingerprint density at radius 3 is 1.00 bits per heavy atom. The van der Waals surface area contributed by atoms with Gasteiger partial charge in [-0.25, -0.2) is 0 Å². The van der Waals surface area contributed by atoms with Crippen molar-refractivity contribution in [2.24, 2.45) is 5.92 Å². The summed E-state index contributed by atoms with van der Waals surface area (Å²) < 4.78 is 0. The van der Waals surface area contributed by atoms with Crippen LogP contribution in [0.25, 0.3) is 0 Å². The molecule has 0 saturated heterocycles. The van der Waals surface area contributed by atoms with E-state index in [0.29, 0.717) is 0 Å². The largest absolute Gasteiger partial charge is 0.0991 e. The lowest BCUT2D eigenvalue weighted by molar-refractivity contribution is 0.737. The Kier molecular flexibility index (Phi) is 38.4. The van der Waals surface area contributed by atoms with Crippen LogP contribution in [0.1, 0.15) is 34.6 Å². The molecule has 10 heavy (non-hydrogen) atoms. The van der Waals surface area contributed by atoms with Gasteiger partial charge in [0, 0.05) is 0 Å². The highest BCUT2D eigenvalue weighted by atomic mass is 13.7. The minimum Gasteiger partial charge on any atom is -0.0991 e. The maximum Gasteiger partial charge on any atom is -0.0500 e. The van der Waals surface area contributed by atoms with E-state index in [1.165, 1.54) is 0 Å². The molecular formula is C10H22. The molecule has 0 aliphatic carbocycles. The molecule has 0 fully saturated rings. The third-order valence-corrected chi connectivity index (χ3v) is 0.167. The highest BCUT2D eigenvalue weighted by Gasteiger charge is 1.68. The first kappa shape index (κ1) is 16.2. The molecule has 0 heteroatoms. The molecule has 0 radical (unpaired) electrons. The van der Waals surface area contributed by atoms with E-state index >= 15 is 0 Å². The predicted octanol–water partition coefficient (Wildman–Crippen LogP) is 4.05. The molecule has 0 heterocycles. The second-order valence-electron chi connectivity index (χ2n) is 2.20. The van der Waals surface area contributed by atoms with Crippen LogP contribution in [-0.2, 0) is 0 Å². The molecule has 0 unspecified atom stereocenters. The van der Waals surface area contributed by atoms with Gasteiger partial charge in [0.2, 0.25) is 0 Å². The standard InChI is InChI=1S/C4H10.C4H6.C2H6/c1-4(2)3;1-3-4-2;1-2/h4H,1-3H3;3-4H,1-2H2;1-2H3. The van der Waals surface area contributed by atoms with E-state index in [0.717, 1.165) is 5.92 Å². The summed E-state index contributed by atoms with van der Waals surface area (Å²) in [5.41, 5.74) is 0. The summed E-state index contributed by atoms with van der Waals surface area (Å²) in [6.07, 6.45) is 3.28. The van der Waals surface area contributed by atoms with Crippen LogP contribution in [0.15, 0.2) is 25.3 Å². The molecule has 0 saturated carbocycles. The average Bonchev–Trinajstić information content (AvgIpc) is 1.91. The lowest BCUT2D eigenvalue weighted by Crippen LogP contribution is -1.66. The smallest absolute Gasteiger partial charge is 0.0500 e. The van der Waals surface area contributed by atoms with Gasteiger partial charge in [-0.15, -0.1) is 0 Å². The number of hydrogen-bond donors (Lipinski definition) is 0. The van der Waals surface area contributed by atoms with Gasteiger partial charge in [0.15, 0.2) is 0 Å². The Morgan fingerprint density at radius 1 is 0.900 bits per heavy atom. The SMILES string of the molecule is C=CC=C.CC.CC(C)C. The molecule has 0 N–H and O–H groups in total. The quantitative estimate of drug-likeness (QED) is 0.484. The first-order chi connectivity index (χ1) is 4.65. The van der Waals surface area contributed by atoms with Crippen LogP contribution in [0.5, 0.6) is 0 Å². The molecule has 0 nitrogen and oxygen atoms in total. The van der Waals surface area contributed by atoms with E-state index in [9.17, 15) is 0 Å². The van der Waals surface area contributed by atoms with Gasteiger partial charge in [0.05, 0.1) is 0 Å². The molecule has 0 aromatic heterocycles. The maximum atomic E-state index is 3.36. The molecule has 0 rings (SSSR count). The van der Waals surface area contributed by atoms with Crippen molar-refractivity contribution in [1.29, 1.82) is 0 Å². The zero-order chi connectivity index (χ0) is 8.99. The monoisotopic (exact) mass is 142 g/mol. The molecule has 0 aromatic rings. The van der Waals surface area contributed by atoms with Crippen molar-refractivity contribution in [3.63, 3.8) is 0 Å². The molecule has 0 aliphatic rings. The average molecular weight is 142 g/mol. The lowest BCUT2D eigenvalue weighted by Gasteiger charge is -1.79. The Bertz CT molecular complexity index is 42.3. The van der Waals surface area contributed by atoms with Crippen LogP contribution in [0.2, 0.25) is 0 Å². The van der Waals surface area contributed by atoms with Crippen LogP contribution in [0.3, 0.4) is 0 Å². The first-order valence-electron chi connectivity index (χ1n) is 3.88. The van der Waals surface area contributed by atoms with Gasteiger partial charge in [0.1, 0.15) is 0 Å². The Hall–Kier alpha value is -0.520. The Balaban J connectivity index is -0.0000000787. The highest BCUT2D eigenvalue weighted by Crippen LogP contribution is 1.81. The number of rotatable bonds is 1. The minimum atomic E-state index is 0.833. The van der Waals surface area contributed by atoms with Crippen LogP contribution in [0, 0.1) is 5.92 Å². The summed E-state index contributed by atoms with van der Waals surface area (Å²) in [5, 5.41) is 0. The second kappa shape index (κ2) is 23.6. The van der Waals surface area contributed by atoms with Gasteiger partial charge >= 0.3 is 0 Å². The Labute approximate surface area is 66.7 Å². The molecular weight excluding hydrogens is 120 g/mol. The zero-order valence-electron chi connectivity index (χ0n) is 8.15. The van der Waals surface area contributed by atoms with Crippen molar-refractivity contribution in [1.82, 2.24) is 0 Å². The van der Waals surface area contributed by atoms with Gasteiger partial charge in [-0.2, -0.15) is 0 Å². The summed E-state index contributed by atoms with van der Waals surface area (Å²) in [4.78, 5) is 0. The highest BCUT2D eigenvalue weighted by molar-refractivity contribution is 4.88. The maximum absolute atomic E-state index is 3.36. The summed E-state index contributed by atoms with van der Waals surface area (Å²) in [6.45, 7) is 17.2. The third kappa shape index (κ3) is 1360. The van der Waals surface area contributed by atoms with Gasteiger partial charge in [-0.1, -0.05) is 59.9 Å². The molecule has 0 aliphatic heterocycles.